The normalized spacial score (nSPS) is 23.0. The molecule has 0 unspecified atom stereocenters. The summed E-state index contributed by atoms with van der Waals surface area (Å²) in [5, 5.41) is 8.82. The fourth-order valence-electron chi connectivity index (χ4n) is 1.69. The Bertz CT molecular complexity index is 293. The van der Waals surface area contributed by atoms with Gasteiger partial charge in [-0.1, -0.05) is 0 Å². The van der Waals surface area contributed by atoms with Crippen molar-refractivity contribution in [2.24, 2.45) is 5.92 Å². The van der Waals surface area contributed by atoms with Gasteiger partial charge in [-0.25, -0.2) is 8.42 Å². The van der Waals surface area contributed by atoms with E-state index in [4.69, 9.17) is 5.11 Å². The Hall–Kier alpha value is -0.130. The average molecular weight is 219 g/mol. The Balaban J connectivity index is 1.99. The molecular weight excluding hydrogens is 202 g/mol. The lowest BCUT2D eigenvalue weighted by atomic mass is 10.5. The molecule has 0 bridgehead atoms. The second kappa shape index (κ2) is 3.79. The van der Waals surface area contributed by atoms with Gasteiger partial charge < -0.3 is 5.11 Å². The Morgan fingerprint density at radius 2 is 1.86 bits per heavy atom. The van der Waals surface area contributed by atoms with Crippen molar-refractivity contribution < 1.29 is 13.5 Å². The zero-order valence-electron chi connectivity index (χ0n) is 8.22. The van der Waals surface area contributed by atoms with Gasteiger partial charge in [0.1, 0.15) is 0 Å². The van der Waals surface area contributed by atoms with Crippen molar-refractivity contribution in [3.8, 4) is 0 Å². The number of aliphatic hydroxyl groups excluding tert-OH is 1. The first kappa shape index (κ1) is 10.4. The number of aliphatic hydroxyl groups is 1. The highest BCUT2D eigenvalue weighted by atomic mass is 32.2. The maximum absolute atomic E-state index is 11.9. The molecule has 0 amide bonds. The van der Waals surface area contributed by atoms with Crippen LogP contribution in [-0.4, -0.2) is 42.8 Å². The van der Waals surface area contributed by atoms with E-state index in [2.05, 4.69) is 0 Å². The van der Waals surface area contributed by atoms with Crippen molar-refractivity contribution >= 4 is 10.0 Å². The summed E-state index contributed by atoms with van der Waals surface area (Å²) in [4.78, 5) is 0. The monoisotopic (exact) mass is 219 g/mol. The summed E-state index contributed by atoms with van der Waals surface area (Å²) in [6, 6.07) is 0.186. The van der Waals surface area contributed by atoms with Gasteiger partial charge in [0.05, 0.1) is 12.4 Å². The molecule has 2 fully saturated rings. The zero-order valence-corrected chi connectivity index (χ0v) is 9.04. The highest BCUT2D eigenvalue weighted by molar-refractivity contribution is 7.89. The summed E-state index contributed by atoms with van der Waals surface area (Å²) < 4.78 is 25.2. The molecule has 2 aliphatic rings. The molecule has 0 atom stereocenters. The molecule has 0 aromatic rings. The zero-order chi connectivity index (χ0) is 10.2. The van der Waals surface area contributed by atoms with Crippen LogP contribution in [-0.2, 0) is 10.0 Å². The first-order valence-corrected chi connectivity index (χ1v) is 6.85. The van der Waals surface area contributed by atoms with Crippen LogP contribution in [0.3, 0.4) is 0 Å². The smallest absolute Gasteiger partial charge is 0.214 e. The summed E-state index contributed by atoms with van der Waals surface area (Å²) in [7, 11) is -3.08. The number of rotatable bonds is 6. The molecule has 4 nitrogen and oxygen atoms in total. The fraction of sp³-hybridized carbons (Fsp3) is 1.00. The van der Waals surface area contributed by atoms with Gasteiger partial charge in [0.15, 0.2) is 0 Å². The van der Waals surface area contributed by atoms with Gasteiger partial charge >= 0.3 is 0 Å². The lowest BCUT2D eigenvalue weighted by molar-refractivity contribution is 0.250. The van der Waals surface area contributed by atoms with Gasteiger partial charge in [-0.3, -0.25) is 0 Å². The molecule has 0 aromatic heterocycles. The predicted octanol–water partition coefficient (Wildman–Crippen LogP) is 0.183. The Morgan fingerprint density at radius 1 is 1.21 bits per heavy atom. The molecule has 0 aromatic carbocycles. The molecule has 14 heavy (non-hydrogen) atoms. The van der Waals surface area contributed by atoms with Crippen LogP contribution in [0.4, 0.5) is 0 Å². The lowest BCUT2D eigenvalue weighted by Crippen LogP contribution is -2.37. The van der Waals surface area contributed by atoms with Gasteiger partial charge in [0.25, 0.3) is 0 Å². The molecule has 0 saturated heterocycles. The highest BCUT2D eigenvalue weighted by Crippen LogP contribution is 2.34. The SMILES string of the molecule is O=S(=O)(CC1CC1)N(CCO)C1CC1. The van der Waals surface area contributed by atoms with Crippen molar-refractivity contribution in [1.29, 1.82) is 0 Å². The maximum Gasteiger partial charge on any atom is 0.214 e. The van der Waals surface area contributed by atoms with Crippen LogP contribution >= 0.6 is 0 Å². The van der Waals surface area contributed by atoms with Gasteiger partial charge in [-0.05, 0) is 31.6 Å². The van der Waals surface area contributed by atoms with E-state index in [1.807, 2.05) is 0 Å². The van der Waals surface area contributed by atoms with Crippen molar-refractivity contribution in [2.45, 2.75) is 31.7 Å². The Labute approximate surface area is 85.0 Å². The van der Waals surface area contributed by atoms with Crippen LogP contribution < -0.4 is 0 Å². The van der Waals surface area contributed by atoms with E-state index in [1.54, 1.807) is 0 Å². The standard InChI is InChI=1S/C9H17NO3S/c11-6-5-10(9-3-4-9)14(12,13)7-8-1-2-8/h8-9,11H,1-7H2. The molecule has 2 aliphatic carbocycles. The van der Waals surface area contributed by atoms with Crippen LogP contribution in [0.5, 0.6) is 0 Å². The molecular formula is C9H17NO3S. The topological polar surface area (TPSA) is 57.6 Å². The highest BCUT2D eigenvalue weighted by Gasteiger charge is 2.39. The second-order valence-electron chi connectivity index (χ2n) is 4.29. The van der Waals surface area contributed by atoms with Crippen LogP contribution in [0.2, 0.25) is 0 Å². The first-order valence-electron chi connectivity index (χ1n) is 5.24. The van der Waals surface area contributed by atoms with E-state index < -0.39 is 10.0 Å². The van der Waals surface area contributed by atoms with Crippen molar-refractivity contribution in [3.63, 3.8) is 0 Å². The third-order valence-corrected chi connectivity index (χ3v) is 4.86. The predicted molar refractivity (Wildman–Crippen MR) is 53.3 cm³/mol. The number of hydrogen-bond acceptors (Lipinski definition) is 3. The summed E-state index contributed by atoms with van der Waals surface area (Å²) in [6.45, 7) is 0.208. The molecule has 0 spiro atoms. The van der Waals surface area contributed by atoms with E-state index in [-0.39, 0.29) is 19.2 Å². The second-order valence-corrected chi connectivity index (χ2v) is 6.25. The molecule has 0 aliphatic heterocycles. The third-order valence-electron chi connectivity index (χ3n) is 2.78. The molecule has 0 radical (unpaired) electrons. The third kappa shape index (κ3) is 2.46. The van der Waals surface area contributed by atoms with E-state index in [0.29, 0.717) is 11.7 Å². The maximum atomic E-state index is 11.9. The van der Waals surface area contributed by atoms with E-state index in [1.165, 1.54) is 4.31 Å². The van der Waals surface area contributed by atoms with E-state index >= 15 is 0 Å². The van der Waals surface area contributed by atoms with Crippen LogP contribution in [0, 0.1) is 5.92 Å². The van der Waals surface area contributed by atoms with Gasteiger partial charge in [0, 0.05) is 12.6 Å². The van der Waals surface area contributed by atoms with Crippen molar-refractivity contribution in [3.05, 3.63) is 0 Å². The number of hydrogen-bond donors (Lipinski definition) is 1. The Kier molecular flexibility index (Phi) is 2.81. The van der Waals surface area contributed by atoms with Gasteiger partial charge in [-0.2, -0.15) is 4.31 Å². The summed E-state index contributed by atoms with van der Waals surface area (Å²) >= 11 is 0. The largest absolute Gasteiger partial charge is 0.395 e. The molecule has 82 valence electrons. The summed E-state index contributed by atoms with van der Waals surface area (Å²) in [6.07, 6.45) is 4.03. The van der Waals surface area contributed by atoms with E-state index in [9.17, 15) is 8.42 Å². The Morgan fingerprint density at radius 3 is 2.29 bits per heavy atom. The molecule has 5 heteroatoms. The molecule has 2 saturated carbocycles. The number of nitrogens with zero attached hydrogens (tertiary/aromatic N) is 1. The van der Waals surface area contributed by atoms with Crippen molar-refractivity contribution in [2.75, 3.05) is 18.9 Å². The lowest BCUT2D eigenvalue weighted by Gasteiger charge is -2.20. The average Bonchev–Trinajstić information content (AvgIpc) is 2.91. The fourth-order valence-corrected chi connectivity index (χ4v) is 3.83. The minimum absolute atomic E-state index is 0.0691. The van der Waals surface area contributed by atoms with Crippen LogP contribution in [0.1, 0.15) is 25.7 Å². The summed E-state index contributed by atoms with van der Waals surface area (Å²) in [5.41, 5.74) is 0. The van der Waals surface area contributed by atoms with Gasteiger partial charge in [0.2, 0.25) is 10.0 Å². The van der Waals surface area contributed by atoms with E-state index in [0.717, 1.165) is 25.7 Å². The van der Waals surface area contributed by atoms with Crippen molar-refractivity contribution in [1.82, 2.24) is 4.31 Å². The molecule has 0 heterocycles. The van der Waals surface area contributed by atoms with Crippen LogP contribution in [0.15, 0.2) is 0 Å². The first-order chi connectivity index (χ1) is 6.63. The molecule has 1 N–H and O–H groups in total. The quantitative estimate of drug-likeness (QED) is 0.693. The molecule has 2 rings (SSSR count). The minimum atomic E-state index is -3.08. The van der Waals surface area contributed by atoms with Crippen LogP contribution in [0.25, 0.3) is 0 Å². The number of sulfonamides is 1. The summed E-state index contributed by atoms with van der Waals surface area (Å²) in [5.74, 6) is 0.684. The minimum Gasteiger partial charge on any atom is -0.395 e. The van der Waals surface area contributed by atoms with Gasteiger partial charge in [-0.15, -0.1) is 0 Å².